The second-order valence-corrected chi connectivity index (χ2v) is 3.67. The topological polar surface area (TPSA) is 66.5 Å². The highest BCUT2D eigenvalue weighted by Gasteiger charge is 2.30. The molecule has 0 aliphatic heterocycles. The molecule has 2 N–H and O–H groups in total. The van der Waals surface area contributed by atoms with Crippen molar-refractivity contribution in [2.45, 2.75) is 19.1 Å². The van der Waals surface area contributed by atoms with Crippen LogP contribution in [-0.2, 0) is 6.18 Å². The van der Waals surface area contributed by atoms with Gasteiger partial charge in [0.2, 0.25) is 0 Å². The molecule has 0 bridgehead atoms. The van der Waals surface area contributed by atoms with Crippen LogP contribution >= 0.6 is 0 Å². The Morgan fingerprint density at radius 3 is 2.56 bits per heavy atom. The zero-order chi connectivity index (χ0) is 13.2. The highest BCUT2D eigenvalue weighted by Crippen LogP contribution is 2.29. The second kappa shape index (κ2) is 4.63. The van der Waals surface area contributed by atoms with Gasteiger partial charge in [-0.2, -0.15) is 18.3 Å². The lowest BCUT2D eigenvalue weighted by Gasteiger charge is -2.12. The summed E-state index contributed by atoms with van der Waals surface area (Å²) in [5.74, 6) is 0.920. The number of H-pyrrole nitrogens is 1. The van der Waals surface area contributed by atoms with Gasteiger partial charge in [0.15, 0.2) is 0 Å². The summed E-state index contributed by atoms with van der Waals surface area (Å²) in [7, 11) is 0. The Labute approximate surface area is 100 Å². The predicted molar refractivity (Wildman–Crippen MR) is 57.7 cm³/mol. The van der Waals surface area contributed by atoms with Crippen LogP contribution in [0.25, 0.3) is 0 Å². The van der Waals surface area contributed by atoms with E-state index in [0.29, 0.717) is 11.6 Å². The summed E-state index contributed by atoms with van der Waals surface area (Å²) in [4.78, 5) is 7.63. The van der Waals surface area contributed by atoms with E-state index in [1.54, 1.807) is 6.92 Å². The number of nitrogens with one attached hydrogen (secondary N) is 2. The summed E-state index contributed by atoms with van der Waals surface area (Å²) in [6.07, 6.45) is -2.23. The average molecular weight is 257 g/mol. The third-order valence-electron chi connectivity index (χ3n) is 2.30. The van der Waals surface area contributed by atoms with Crippen LogP contribution in [-0.4, -0.2) is 20.2 Å². The summed E-state index contributed by atoms with van der Waals surface area (Å²) >= 11 is 0. The number of rotatable bonds is 3. The van der Waals surface area contributed by atoms with E-state index >= 15 is 0 Å². The number of aromatic amines is 1. The summed E-state index contributed by atoms with van der Waals surface area (Å²) in [6, 6.07) is 2.02. The molecule has 0 spiro atoms. The van der Waals surface area contributed by atoms with Crippen molar-refractivity contribution in [1.82, 2.24) is 20.2 Å². The van der Waals surface area contributed by atoms with Crippen molar-refractivity contribution in [3.63, 3.8) is 0 Å². The lowest BCUT2D eigenvalue weighted by molar-refractivity contribution is -0.137. The Morgan fingerprint density at radius 2 is 2.06 bits per heavy atom. The maximum absolute atomic E-state index is 12.3. The number of halogens is 3. The molecule has 2 aromatic heterocycles. The highest BCUT2D eigenvalue weighted by atomic mass is 19.4. The van der Waals surface area contributed by atoms with Crippen LogP contribution in [0.2, 0.25) is 0 Å². The minimum atomic E-state index is -4.37. The van der Waals surface area contributed by atoms with Crippen LogP contribution in [0.4, 0.5) is 19.0 Å². The van der Waals surface area contributed by atoms with Crippen molar-refractivity contribution in [1.29, 1.82) is 0 Å². The molecule has 0 saturated carbocycles. The highest BCUT2D eigenvalue weighted by molar-refractivity contribution is 5.37. The number of aromatic nitrogens is 4. The van der Waals surface area contributed by atoms with Crippen LogP contribution in [0.15, 0.2) is 24.7 Å². The molecule has 0 unspecified atom stereocenters. The van der Waals surface area contributed by atoms with E-state index < -0.39 is 11.7 Å². The number of hydrogen-bond donors (Lipinski definition) is 2. The first-order valence-corrected chi connectivity index (χ1v) is 5.12. The van der Waals surface area contributed by atoms with Crippen LogP contribution in [0.1, 0.15) is 24.4 Å². The van der Waals surface area contributed by atoms with E-state index in [4.69, 9.17) is 0 Å². The quantitative estimate of drug-likeness (QED) is 0.886. The summed E-state index contributed by atoms with van der Waals surface area (Å²) < 4.78 is 37.0. The summed E-state index contributed by atoms with van der Waals surface area (Å²) in [6.45, 7) is 1.79. The zero-order valence-electron chi connectivity index (χ0n) is 9.36. The minimum Gasteiger partial charge on any atom is -0.360 e. The van der Waals surface area contributed by atoms with Gasteiger partial charge in [0.25, 0.3) is 0 Å². The molecule has 0 aliphatic carbocycles. The van der Waals surface area contributed by atoms with E-state index in [1.807, 2.05) is 0 Å². The van der Waals surface area contributed by atoms with Crippen molar-refractivity contribution in [3.8, 4) is 0 Å². The minimum absolute atomic E-state index is 0.225. The Kier molecular flexibility index (Phi) is 3.17. The van der Waals surface area contributed by atoms with Gasteiger partial charge in [-0.3, -0.25) is 5.10 Å². The zero-order valence-corrected chi connectivity index (χ0v) is 9.36. The average Bonchev–Trinajstić information content (AvgIpc) is 2.82. The van der Waals surface area contributed by atoms with Crippen molar-refractivity contribution in [2.75, 3.05) is 5.32 Å². The smallest absolute Gasteiger partial charge is 0.360 e. The number of pyridine rings is 1. The maximum Gasteiger partial charge on any atom is 0.417 e. The molecule has 0 aliphatic rings. The molecule has 0 amide bonds. The lowest BCUT2D eigenvalue weighted by Crippen LogP contribution is -2.11. The SMILES string of the molecule is C[C@H](Nc1ccc(C(F)(F)F)cn1)c1ncn[nH]1. The first kappa shape index (κ1) is 12.3. The third-order valence-corrected chi connectivity index (χ3v) is 2.30. The van der Waals surface area contributed by atoms with Gasteiger partial charge in [-0.1, -0.05) is 0 Å². The van der Waals surface area contributed by atoms with Gasteiger partial charge in [-0.25, -0.2) is 9.97 Å². The number of hydrogen-bond acceptors (Lipinski definition) is 4. The van der Waals surface area contributed by atoms with E-state index in [2.05, 4.69) is 25.5 Å². The monoisotopic (exact) mass is 257 g/mol. The normalized spacial score (nSPS) is 13.3. The van der Waals surface area contributed by atoms with Gasteiger partial charge >= 0.3 is 6.18 Å². The predicted octanol–water partition coefficient (Wildman–Crippen LogP) is 2.39. The second-order valence-electron chi connectivity index (χ2n) is 3.67. The molecule has 2 aromatic rings. The van der Waals surface area contributed by atoms with Gasteiger partial charge in [0.05, 0.1) is 11.6 Å². The van der Waals surface area contributed by atoms with Gasteiger partial charge in [-0.15, -0.1) is 0 Å². The standard InChI is InChI=1S/C10H10F3N5/c1-6(9-15-5-16-18-9)17-8-3-2-7(4-14-8)10(11,12)13/h2-6H,1H3,(H,14,17)(H,15,16,18)/t6-/m0/s1. The number of alkyl halides is 3. The van der Waals surface area contributed by atoms with E-state index in [-0.39, 0.29) is 6.04 Å². The molecule has 0 aromatic carbocycles. The van der Waals surface area contributed by atoms with Crippen molar-refractivity contribution >= 4 is 5.82 Å². The van der Waals surface area contributed by atoms with E-state index in [9.17, 15) is 13.2 Å². The fourth-order valence-corrected chi connectivity index (χ4v) is 1.36. The molecular formula is C10H10F3N5. The van der Waals surface area contributed by atoms with Crippen LogP contribution in [0.3, 0.4) is 0 Å². The van der Waals surface area contributed by atoms with Gasteiger partial charge in [0, 0.05) is 6.20 Å². The number of nitrogens with zero attached hydrogens (tertiary/aromatic N) is 3. The van der Waals surface area contributed by atoms with Crippen molar-refractivity contribution in [2.24, 2.45) is 0 Å². The molecule has 2 rings (SSSR count). The largest absolute Gasteiger partial charge is 0.417 e. The summed E-state index contributed by atoms with van der Waals surface area (Å²) in [5, 5.41) is 9.26. The van der Waals surface area contributed by atoms with Crippen LogP contribution in [0.5, 0.6) is 0 Å². The molecule has 1 atom stereocenters. The molecular weight excluding hydrogens is 247 g/mol. The summed E-state index contributed by atoms with van der Waals surface area (Å²) in [5.41, 5.74) is -0.777. The van der Waals surface area contributed by atoms with Crippen LogP contribution < -0.4 is 5.32 Å². The lowest BCUT2D eigenvalue weighted by atomic mass is 10.2. The number of anilines is 1. The molecule has 5 nitrogen and oxygen atoms in total. The molecule has 0 fully saturated rings. The van der Waals surface area contributed by atoms with E-state index in [0.717, 1.165) is 12.3 Å². The third kappa shape index (κ3) is 2.76. The molecule has 18 heavy (non-hydrogen) atoms. The van der Waals surface area contributed by atoms with Crippen LogP contribution in [0, 0.1) is 0 Å². The Bertz CT molecular complexity index is 491. The fourth-order valence-electron chi connectivity index (χ4n) is 1.36. The van der Waals surface area contributed by atoms with Gasteiger partial charge in [0.1, 0.15) is 18.0 Å². The van der Waals surface area contributed by atoms with E-state index in [1.165, 1.54) is 12.4 Å². The first-order chi connectivity index (χ1) is 8.47. The first-order valence-electron chi connectivity index (χ1n) is 5.12. The fraction of sp³-hybridized carbons (Fsp3) is 0.300. The maximum atomic E-state index is 12.3. The van der Waals surface area contributed by atoms with Gasteiger partial charge in [-0.05, 0) is 19.1 Å². The Morgan fingerprint density at radius 1 is 1.28 bits per heavy atom. The molecule has 8 heteroatoms. The molecule has 0 saturated heterocycles. The molecule has 96 valence electrons. The Balaban J connectivity index is 2.07. The molecule has 0 radical (unpaired) electrons. The Hall–Kier alpha value is -2.12. The van der Waals surface area contributed by atoms with Gasteiger partial charge < -0.3 is 5.32 Å². The van der Waals surface area contributed by atoms with Crippen molar-refractivity contribution in [3.05, 3.63) is 36.0 Å². The molecule has 2 heterocycles. The van der Waals surface area contributed by atoms with Crippen molar-refractivity contribution < 1.29 is 13.2 Å².